The van der Waals surface area contributed by atoms with Crippen molar-refractivity contribution in [2.24, 2.45) is 11.7 Å². The van der Waals surface area contributed by atoms with Crippen molar-refractivity contribution in [2.75, 3.05) is 20.2 Å². The number of fused-ring (bicyclic) bond motifs is 1. The summed E-state index contributed by atoms with van der Waals surface area (Å²) in [7, 11) is 1.70. The number of hydrogen-bond donors (Lipinski definition) is 1. The van der Waals surface area contributed by atoms with Crippen LogP contribution in [0.3, 0.4) is 0 Å². The molecule has 1 aliphatic heterocycles. The van der Waals surface area contributed by atoms with Crippen LogP contribution in [0.15, 0.2) is 22.7 Å². The highest BCUT2D eigenvalue weighted by molar-refractivity contribution is 9.10. The molecule has 1 aliphatic carbocycles. The van der Waals surface area contributed by atoms with Crippen molar-refractivity contribution in [3.05, 3.63) is 28.2 Å². The molecule has 21 heavy (non-hydrogen) atoms. The van der Waals surface area contributed by atoms with Crippen LogP contribution < -0.4 is 10.5 Å². The molecule has 2 aliphatic rings. The molecule has 4 heteroatoms. The van der Waals surface area contributed by atoms with Crippen molar-refractivity contribution in [1.29, 1.82) is 0 Å². The average Bonchev–Trinajstić information content (AvgIpc) is 2.97. The van der Waals surface area contributed by atoms with Crippen molar-refractivity contribution in [3.8, 4) is 5.75 Å². The zero-order chi connectivity index (χ0) is 14.8. The van der Waals surface area contributed by atoms with Crippen LogP contribution in [0.25, 0.3) is 0 Å². The van der Waals surface area contributed by atoms with E-state index in [2.05, 4.69) is 33.0 Å². The maximum atomic E-state index is 6.15. The van der Waals surface area contributed by atoms with Gasteiger partial charge in [0.15, 0.2) is 0 Å². The lowest BCUT2D eigenvalue weighted by molar-refractivity contribution is 0.0701. The Morgan fingerprint density at radius 3 is 2.86 bits per heavy atom. The lowest BCUT2D eigenvalue weighted by Crippen LogP contribution is -2.46. The van der Waals surface area contributed by atoms with E-state index in [0.29, 0.717) is 12.6 Å². The highest BCUT2D eigenvalue weighted by Crippen LogP contribution is 2.41. The van der Waals surface area contributed by atoms with Crippen molar-refractivity contribution in [3.63, 3.8) is 0 Å². The van der Waals surface area contributed by atoms with Gasteiger partial charge in [0.1, 0.15) is 5.75 Å². The maximum Gasteiger partial charge on any atom is 0.133 e. The zero-order valence-corrected chi connectivity index (χ0v) is 14.3. The minimum absolute atomic E-state index is 0.332. The molecule has 2 N–H and O–H groups in total. The molecule has 0 bridgehead atoms. The normalized spacial score (nSPS) is 27.4. The lowest BCUT2D eigenvalue weighted by atomic mass is 9.89. The molecule has 3 rings (SSSR count). The number of piperidine rings is 1. The van der Waals surface area contributed by atoms with E-state index in [1.807, 2.05) is 6.07 Å². The minimum Gasteiger partial charge on any atom is -0.496 e. The van der Waals surface area contributed by atoms with Crippen LogP contribution in [0, 0.1) is 5.92 Å². The Bertz CT molecular complexity index is 494. The molecule has 3 atom stereocenters. The van der Waals surface area contributed by atoms with E-state index in [1.54, 1.807) is 7.11 Å². The minimum atomic E-state index is 0.332. The van der Waals surface area contributed by atoms with E-state index in [4.69, 9.17) is 10.5 Å². The molecular formula is C17H25BrN2O. The van der Waals surface area contributed by atoms with Crippen molar-refractivity contribution >= 4 is 15.9 Å². The van der Waals surface area contributed by atoms with Gasteiger partial charge in [0.2, 0.25) is 0 Å². The monoisotopic (exact) mass is 352 g/mol. The van der Waals surface area contributed by atoms with Gasteiger partial charge in [-0.05, 0) is 71.8 Å². The fourth-order valence-corrected chi connectivity index (χ4v) is 4.79. The summed E-state index contributed by atoms with van der Waals surface area (Å²) in [6, 6.07) is 7.46. The number of rotatable bonds is 4. The van der Waals surface area contributed by atoms with E-state index in [-0.39, 0.29) is 0 Å². The molecule has 116 valence electrons. The summed E-state index contributed by atoms with van der Waals surface area (Å²) in [6.45, 7) is 1.87. The van der Waals surface area contributed by atoms with E-state index in [0.717, 1.165) is 22.2 Å². The number of hydrogen-bond acceptors (Lipinski definition) is 3. The Labute approximate surface area is 136 Å². The fourth-order valence-electron chi connectivity index (χ4n) is 4.23. The molecule has 0 amide bonds. The SMILES string of the molecule is COc1ccc(C(CN)N2CCCC3CCCC32)cc1Br. The van der Waals surface area contributed by atoms with Gasteiger partial charge < -0.3 is 10.5 Å². The maximum absolute atomic E-state index is 6.15. The van der Waals surface area contributed by atoms with Gasteiger partial charge in [0, 0.05) is 18.6 Å². The number of methoxy groups -OCH3 is 1. The van der Waals surface area contributed by atoms with E-state index >= 15 is 0 Å². The van der Waals surface area contributed by atoms with Gasteiger partial charge in [-0.25, -0.2) is 0 Å². The molecule has 3 nitrogen and oxygen atoms in total. The number of benzene rings is 1. The highest BCUT2D eigenvalue weighted by atomic mass is 79.9. The summed E-state index contributed by atoms with van der Waals surface area (Å²) in [4.78, 5) is 2.68. The average molecular weight is 353 g/mol. The van der Waals surface area contributed by atoms with Gasteiger partial charge in [-0.1, -0.05) is 12.5 Å². The molecule has 2 fully saturated rings. The van der Waals surface area contributed by atoms with Gasteiger partial charge >= 0.3 is 0 Å². The van der Waals surface area contributed by atoms with Gasteiger partial charge in [-0.2, -0.15) is 0 Å². The van der Waals surface area contributed by atoms with Gasteiger partial charge in [-0.15, -0.1) is 0 Å². The Hall–Kier alpha value is -0.580. The van der Waals surface area contributed by atoms with Crippen LogP contribution in [-0.4, -0.2) is 31.1 Å². The third-order valence-corrected chi connectivity index (χ3v) is 5.84. The number of halogens is 1. The Balaban J connectivity index is 1.85. The summed E-state index contributed by atoms with van der Waals surface area (Å²) < 4.78 is 6.35. The van der Waals surface area contributed by atoms with Crippen LogP contribution in [0.5, 0.6) is 5.75 Å². The molecule has 1 aromatic carbocycles. The smallest absolute Gasteiger partial charge is 0.133 e. The Kier molecular flexibility index (Phi) is 4.87. The third-order valence-electron chi connectivity index (χ3n) is 5.22. The summed E-state index contributed by atoms with van der Waals surface area (Å²) >= 11 is 3.60. The van der Waals surface area contributed by atoms with Crippen molar-refractivity contribution in [1.82, 2.24) is 4.90 Å². The van der Waals surface area contributed by atoms with Crippen molar-refractivity contribution < 1.29 is 4.74 Å². The molecule has 1 aromatic rings. The second-order valence-electron chi connectivity index (χ2n) is 6.28. The molecule has 1 saturated heterocycles. The van der Waals surface area contributed by atoms with E-state index in [1.165, 1.54) is 44.2 Å². The van der Waals surface area contributed by atoms with Gasteiger partial charge in [0.25, 0.3) is 0 Å². The quantitative estimate of drug-likeness (QED) is 0.897. The zero-order valence-electron chi connectivity index (χ0n) is 12.7. The highest BCUT2D eigenvalue weighted by Gasteiger charge is 2.38. The number of likely N-dealkylation sites (tertiary alicyclic amines) is 1. The molecule has 0 spiro atoms. The van der Waals surface area contributed by atoms with Crippen LogP contribution in [0.4, 0.5) is 0 Å². The first-order valence-corrected chi connectivity index (χ1v) is 8.83. The van der Waals surface area contributed by atoms with Gasteiger partial charge in [0.05, 0.1) is 11.6 Å². The predicted octanol–water partition coefficient (Wildman–Crippen LogP) is 3.72. The standard InChI is InChI=1S/C17H25BrN2O/c1-21-17-8-7-13(10-14(17)18)16(11-19)20-9-3-5-12-4-2-6-15(12)20/h7-8,10,12,15-16H,2-6,9,11,19H2,1H3. The van der Waals surface area contributed by atoms with Crippen LogP contribution in [0.2, 0.25) is 0 Å². The second-order valence-corrected chi connectivity index (χ2v) is 7.14. The van der Waals surface area contributed by atoms with Crippen LogP contribution in [-0.2, 0) is 0 Å². The fraction of sp³-hybridized carbons (Fsp3) is 0.647. The van der Waals surface area contributed by atoms with E-state index < -0.39 is 0 Å². The molecule has 1 heterocycles. The third kappa shape index (κ3) is 2.99. The molecule has 0 radical (unpaired) electrons. The first-order chi connectivity index (χ1) is 10.2. The topological polar surface area (TPSA) is 38.5 Å². The number of nitrogens with zero attached hydrogens (tertiary/aromatic N) is 1. The number of nitrogens with two attached hydrogens (primary N) is 1. The summed E-state index contributed by atoms with van der Waals surface area (Å²) in [6.07, 6.45) is 6.86. The molecule has 1 saturated carbocycles. The molecular weight excluding hydrogens is 328 g/mol. The lowest BCUT2D eigenvalue weighted by Gasteiger charge is -2.42. The Morgan fingerprint density at radius 2 is 2.14 bits per heavy atom. The van der Waals surface area contributed by atoms with Crippen LogP contribution in [0.1, 0.15) is 43.7 Å². The number of ether oxygens (including phenoxy) is 1. The summed E-state index contributed by atoms with van der Waals surface area (Å²) in [5, 5.41) is 0. The first kappa shape index (κ1) is 15.3. The molecule has 0 aromatic heterocycles. The summed E-state index contributed by atoms with van der Waals surface area (Å²) in [5.74, 6) is 1.78. The van der Waals surface area contributed by atoms with Crippen molar-refractivity contribution in [2.45, 2.75) is 44.2 Å². The van der Waals surface area contributed by atoms with Crippen LogP contribution >= 0.6 is 15.9 Å². The summed E-state index contributed by atoms with van der Waals surface area (Å²) in [5.41, 5.74) is 7.45. The molecule has 3 unspecified atom stereocenters. The van der Waals surface area contributed by atoms with Gasteiger partial charge in [-0.3, -0.25) is 4.90 Å². The largest absolute Gasteiger partial charge is 0.496 e. The Morgan fingerprint density at radius 1 is 1.33 bits per heavy atom. The second kappa shape index (κ2) is 6.67. The van der Waals surface area contributed by atoms with E-state index in [9.17, 15) is 0 Å². The first-order valence-electron chi connectivity index (χ1n) is 8.04. The predicted molar refractivity (Wildman–Crippen MR) is 89.6 cm³/mol.